The van der Waals surface area contributed by atoms with E-state index in [2.05, 4.69) is 0 Å². The van der Waals surface area contributed by atoms with Crippen LogP contribution >= 0.6 is 0 Å². The Kier molecular flexibility index (Phi) is 4.24. The van der Waals surface area contributed by atoms with Crippen molar-refractivity contribution in [2.75, 3.05) is 13.1 Å². The summed E-state index contributed by atoms with van der Waals surface area (Å²) in [4.78, 5) is 14.2. The molecule has 1 aliphatic rings. The topological polar surface area (TPSA) is 40.5 Å². The number of hydrogen-bond acceptors (Lipinski definition) is 2. The fourth-order valence-corrected chi connectivity index (χ4v) is 2.44. The maximum atomic E-state index is 12.4. The maximum Gasteiger partial charge on any atom is 0.257 e. The summed E-state index contributed by atoms with van der Waals surface area (Å²) in [5.74, 6) is 0.0662. The summed E-state index contributed by atoms with van der Waals surface area (Å²) in [6.07, 6.45) is 5.81. The van der Waals surface area contributed by atoms with Crippen molar-refractivity contribution >= 4 is 5.91 Å². The molecular weight excluding hydrogens is 226 g/mol. The number of rotatable bonds is 1. The Balaban J connectivity index is 2.13. The van der Waals surface area contributed by atoms with E-state index < -0.39 is 0 Å². The lowest BCUT2D eigenvalue weighted by Crippen LogP contribution is -2.33. The lowest BCUT2D eigenvalue weighted by molar-refractivity contribution is 0.0739. The summed E-state index contributed by atoms with van der Waals surface area (Å²) in [6.45, 7) is 3.53. The molecule has 0 spiro atoms. The minimum absolute atomic E-state index is 0.0330. The van der Waals surface area contributed by atoms with Gasteiger partial charge in [0.2, 0.25) is 0 Å². The molecule has 18 heavy (non-hydrogen) atoms. The van der Waals surface area contributed by atoms with Crippen molar-refractivity contribution in [3.8, 4) is 5.75 Å². The van der Waals surface area contributed by atoms with Gasteiger partial charge in [-0.2, -0.15) is 0 Å². The summed E-state index contributed by atoms with van der Waals surface area (Å²) in [5, 5.41) is 9.87. The maximum absolute atomic E-state index is 12.4. The third-order valence-electron chi connectivity index (χ3n) is 3.53. The second-order valence-corrected chi connectivity index (χ2v) is 5.08. The van der Waals surface area contributed by atoms with Crippen LogP contribution in [0, 0.1) is 6.92 Å². The first-order valence-corrected chi connectivity index (χ1v) is 6.77. The molecule has 3 nitrogen and oxygen atoms in total. The van der Waals surface area contributed by atoms with Gasteiger partial charge in [-0.1, -0.05) is 25.3 Å². The Bertz CT molecular complexity index is 421. The molecule has 0 unspecified atom stereocenters. The summed E-state index contributed by atoms with van der Waals surface area (Å²) in [7, 11) is 0. The van der Waals surface area contributed by atoms with Crippen LogP contribution in [0.5, 0.6) is 5.75 Å². The molecule has 0 aromatic heterocycles. The third-order valence-corrected chi connectivity index (χ3v) is 3.53. The zero-order valence-electron chi connectivity index (χ0n) is 11.0. The highest BCUT2D eigenvalue weighted by Crippen LogP contribution is 2.21. The summed E-state index contributed by atoms with van der Waals surface area (Å²) < 4.78 is 0. The van der Waals surface area contributed by atoms with Crippen molar-refractivity contribution in [1.29, 1.82) is 0 Å². The summed E-state index contributed by atoms with van der Waals surface area (Å²) in [6, 6.07) is 5.25. The fraction of sp³-hybridized carbons (Fsp3) is 0.533. The molecule has 2 rings (SSSR count). The molecule has 0 aliphatic carbocycles. The number of amides is 1. The van der Waals surface area contributed by atoms with Crippen molar-refractivity contribution < 1.29 is 9.90 Å². The monoisotopic (exact) mass is 247 g/mol. The lowest BCUT2D eigenvalue weighted by atomic mass is 10.1. The first kappa shape index (κ1) is 12.9. The number of aryl methyl sites for hydroxylation is 1. The largest absolute Gasteiger partial charge is 0.507 e. The molecule has 1 aromatic rings. The van der Waals surface area contributed by atoms with Gasteiger partial charge in [0, 0.05) is 13.1 Å². The van der Waals surface area contributed by atoms with Crippen molar-refractivity contribution in [1.82, 2.24) is 4.90 Å². The molecule has 1 saturated heterocycles. The van der Waals surface area contributed by atoms with Gasteiger partial charge in [0.25, 0.3) is 5.91 Å². The van der Waals surface area contributed by atoms with Gasteiger partial charge in [-0.15, -0.1) is 0 Å². The molecule has 3 heteroatoms. The van der Waals surface area contributed by atoms with E-state index in [0.717, 1.165) is 31.5 Å². The van der Waals surface area contributed by atoms with Crippen LogP contribution in [0.4, 0.5) is 0 Å². The average molecular weight is 247 g/mol. The van der Waals surface area contributed by atoms with Crippen LogP contribution in [0.25, 0.3) is 0 Å². The Hall–Kier alpha value is -1.51. The van der Waals surface area contributed by atoms with Crippen molar-refractivity contribution in [2.24, 2.45) is 0 Å². The van der Waals surface area contributed by atoms with Gasteiger partial charge < -0.3 is 10.0 Å². The van der Waals surface area contributed by atoms with Crippen LogP contribution < -0.4 is 0 Å². The predicted octanol–water partition coefficient (Wildman–Crippen LogP) is 3.11. The molecule has 0 radical (unpaired) electrons. The van der Waals surface area contributed by atoms with E-state index >= 15 is 0 Å². The van der Waals surface area contributed by atoms with E-state index in [-0.39, 0.29) is 11.7 Å². The van der Waals surface area contributed by atoms with E-state index in [0.29, 0.717) is 5.56 Å². The van der Waals surface area contributed by atoms with Gasteiger partial charge in [-0.05, 0) is 37.5 Å². The number of benzene rings is 1. The average Bonchev–Trinajstić information content (AvgIpc) is 2.27. The van der Waals surface area contributed by atoms with Crippen molar-refractivity contribution in [3.05, 3.63) is 29.3 Å². The molecule has 0 saturated carbocycles. The first-order chi connectivity index (χ1) is 8.68. The number of phenols is 1. The zero-order valence-corrected chi connectivity index (χ0v) is 11.0. The van der Waals surface area contributed by atoms with E-state index in [1.807, 2.05) is 17.9 Å². The number of carbonyl (C=O) groups is 1. The summed E-state index contributed by atoms with van der Waals surface area (Å²) in [5.41, 5.74) is 1.40. The SMILES string of the molecule is Cc1ccc(C(=O)N2CCCCCCC2)c(O)c1. The minimum atomic E-state index is -0.0330. The molecule has 0 atom stereocenters. The Morgan fingerprint density at radius 1 is 1.11 bits per heavy atom. The number of nitrogens with zero attached hydrogens (tertiary/aromatic N) is 1. The second kappa shape index (κ2) is 5.89. The highest BCUT2D eigenvalue weighted by molar-refractivity contribution is 5.96. The molecule has 1 N–H and O–H groups in total. The molecule has 1 aliphatic heterocycles. The number of aromatic hydroxyl groups is 1. The fourth-order valence-electron chi connectivity index (χ4n) is 2.44. The molecule has 1 heterocycles. The highest BCUT2D eigenvalue weighted by atomic mass is 16.3. The number of carbonyl (C=O) groups excluding carboxylic acids is 1. The van der Waals surface area contributed by atoms with Crippen molar-refractivity contribution in [2.45, 2.75) is 39.0 Å². The molecule has 0 bridgehead atoms. The highest BCUT2D eigenvalue weighted by Gasteiger charge is 2.19. The smallest absolute Gasteiger partial charge is 0.257 e. The van der Waals surface area contributed by atoms with Gasteiger partial charge in [0.15, 0.2) is 0 Å². The third kappa shape index (κ3) is 3.03. The molecule has 1 amide bonds. The second-order valence-electron chi connectivity index (χ2n) is 5.08. The molecule has 98 valence electrons. The normalized spacial score (nSPS) is 17.1. The zero-order chi connectivity index (χ0) is 13.0. The van der Waals surface area contributed by atoms with Gasteiger partial charge >= 0.3 is 0 Å². The minimum Gasteiger partial charge on any atom is -0.507 e. The van der Waals surface area contributed by atoms with Crippen LogP contribution in [0.1, 0.15) is 48.0 Å². The Labute approximate surface area is 108 Å². The Morgan fingerprint density at radius 3 is 2.33 bits per heavy atom. The van der Waals surface area contributed by atoms with Gasteiger partial charge in [0.1, 0.15) is 5.75 Å². The van der Waals surface area contributed by atoms with Crippen molar-refractivity contribution in [3.63, 3.8) is 0 Å². The quantitative estimate of drug-likeness (QED) is 0.828. The van der Waals surface area contributed by atoms with Crippen LogP contribution in [0.15, 0.2) is 18.2 Å². The number of hydrogen-bond donors (Lipinski definition) is 1. The van der Waals surface area contributed by atoms with Crippen LogP contribution in [-0.4, -0.2) is 29.0 Å². The van der Waals surface area contributed by atoms with E-state index in [1.165, 1.54) is 19.3 Å². The molecule has 1 aromatic carbocycles. The Morgan fingerprint density at radius 2 is 1.72 bits per heavy atom. The van der Waals surface area contributed by atoms with Gasteiger partial charge in [-0.3, -0.25) is 4.79 Å². The number of likely N-dealkylation sites (tertiary alicyclic amines) is 1. The van der Waals surface area contributed by atoms with Crippen LogP contribution in [0.2, 0.25) is 0 Å². The summed E-state index contributed by atoms with van der Waals surface area (Å²) >= 11 is 0. The van der Waals surface area contributed by atoms with Crippen LogP contribution in [0.3, 0.4) is 0 Å². The molecular formula is C15H21NO2. The van der Waals surface area contributed by atoms with E-state index in [4.69, 9.17) is 0 Å². The first-order valence-electron chi connectivity index (χ1n) is 6.77. The van der Waals surface area contributed by atoms with E-state index in [9.17, 15) is 9.90 Å². The lowest BCUT2D eigenvalue weighted by Gasteiger charge is -2.25. The van der Waals surface area contributed by atoms with E-state index in [1.54, 1.807) is 12.1 Å². The number of phenolic OH excluding ortho intramolecular Hbond substituents is 1. The van der Waals surface area contributed by atoms with Gasteiger partial charge in [0.05, 0.1) is 5.56 Å². The predicted molar refractivity (Wildman–Crippen MR) is 71.8 cm³/mol. The standard InChI is InChI=1S/C15H21NO2/c1-12-7-8-13(14(17)11-12)15(18)16-9-5-3-2-4-6-10-16/h7-8,11,17H,2-6,9-10H2,1H3. The molecule has 1 fully saturated rings. The van der Waals surface area contributed by atoms with Gasteiger partial charge in [-0.25, -0.2) is 0 Å². The van der Waals surface area contributed by atoms with Crippen LogP contribution in [-0.2, 0) is 0 Å².